The number of nitrogens with zero attached hydrogens (tertiary/aromatic N) is 2. The van der Waals surface area contributed by atoms with Gasteiger partial charge in [0.25, 0.3) is 0 Å². The summed E-state index contributed by atoms with van der Waals surface area (Å²) in [6.45, 7) is 3.75. The molecular weight excluding hydrogens is 210 g/mol. The number of aromatic nitrogens is 1. The third kappa shape index (κ3) is 2.08. The van der Waals surface area contributed by atoms with Crippen LogP contribution in [0.4, 0.5) is 5.82 Å². The number of hydrogen-bond acceptors (Lipinski definition) is 3. The zero-order chi connectivity index (χ0) is 10.8. The van der Waals surface area contributed by atoms with Crippen molar-refractivity contribution in [1.82, 2.24) is 4.98 Å². The number of nitrogens with two attached hydrogens (primary N) is 1. The van der Waals surface area contributed by atoms with E-state index >= 15 is 0 Å². The molecule has 82 valence electrons. The van der Waals surface area contributed by atoms with Crippen molar-refractivity contribution >= 4 is 17.4 Å². The predicted octanol–water partition coefficient (Wildman–Crippen LogP) is 2.18. The summed E-state index contributed by atoms with van der Waals surface area (Å²) in [5, 5.41) is 0.715. The van der Waals surface area contributed by atoms with Gasteiger partial charge in [-0.25, -0.2) is 4.98 Å². The second-order valence-electron chi connectivity index (χ2n) is 4.04. The minimum Gasteiger partial charge on any atom is -0.353 e. The lowest BCUT2D eigenvalue weighted by Crippen LogP contribution is -2.27. The maximum absolute atomic E-state index is 6.19. The van der Waals surface area contributed by atoms with Gasteiger partial charge in [0.2, 0.25) is 0 Å². The van der Waals surface area contributed by atoms with Gasteiger partial charge in [-0.15, -0.1) is 0 Å². The second-order valence-corrected chi connectivity index (χ2v) is 4.44. The fourth-order valence-electron chi connectivity index (χ4n) is 2.04. The van der Waals surface area contributed by atoms with Crippen LogP contribution in [0, 0.1) is 0 Å². The number of pyridine rings is 1. The summed E-state index contributed by atoms with van der Waals surface area (Å²) in [5.41, 5.74) is 6.52. The zero-order valence-electron chi connectivity index (χ0n) is 8.91. The molecule has 1 fully saturated rings. The van der Waals surface area contributed by atoms with Gasteiger partial charge in [0.15, 0.2) is 0 Å². The van der Waals surface area contributed by atoms with Crippen LogP contribution in [0.15, 0.2) is 12.3 Å². The van der Waals surface area contributed by atoms with E-state index in [4.69, 9.17) is 17.3 Å². The minimum absolute atomic E-state index is 0.489. The van der Waals surface area contributed by atoms with Crippen molar-refractivity contribution < 1.29 is 0 Å². The third-order valence-electron chi connectivity index (χ3n) is 2.94. The quantitative estimate of drug-likeness (QED) is 0.839. The minimum atomic E-state index is 0.489. The average molecular weight is 226 g/mol. The fourth-order valence-corrected chi connectivity index (χ4v) is 2.34. The van der Waals surface area contributed by atoms with Gasteiger partial charge in [0, 0.05) is 25.3 Å². The molecule has 1 saturated heterocycles. The highest BCUT2D eigenvalue weighted by Crippen LogP contribution is 2.29. The van der Waals surface area contributed by atoms with E-state index in [-0.39, 0.29) is 0 Å². The van der Waals surface area contributed by atoms with Crippen LogP contribution in [0.5, 0.6) is 0 Å². The smallest absolute Gasteiger partial charge is 0.147 e. The number of rotatable bonds is 2. The van der Waals surface area contributed by atoms with Gasteiger partial charge in [-0.3, -0.25) is 0 Å². The van der Waals surface area contributed by atoms with Gasteiger partial charge >= 0.3 is 0 Å². The molecule has 1 aromatic rings. The van der Waals surface area contributed by atoms with Crippen molar-refractivity contribution in [2.45, 2.75) is 32.4 Å². The van der Waals surface area contributed by atoms with Gasteiger partial charge < -0.3 is 10.6 Å². The van der Waals surface area contributed by atoms with Crippen LogP contribution in [-0.4, -0.2) is 17.6 Å². The van der Waals surface area contributed by atoms with Crippen LogP contribution in [0.3, 0.4) is 0 Å². The fraction of sp³-hybridized carbons (Fsp3) is 0.545. The maximum Gasteiger partial charge on any atom is 0.147 e. The van der Waals surface area contributed by atoms with Crippen molar-refractivity contribution in [2.75, 3.05) is 11.4 Å². The largest absolute Gasteiger partial charge is 0.353 e. The molecule has 0 saturated carbocycles. The first-order chi connectivity index (χ1) is 7.22. The van der Waals surface area contributed by atoms with Crippen LogP contribution in [0.1, 0.15) is 25.3 Å². The molecule has 0 aliphatic carbocycles. The monoisotopic (exact) mass is 225 g/mol. The number of hydrogen-bond donors (Lipinski definition) is 1. The molecule has 0 amide bonds. The van der Waals surface area contributed by atoms with Gasteiger partial charge in [-0.1, -0.05) is 11.6 Å². The Labute approximate surface area is 95.2 Å². The molecule has 2 N–H and O–H groups in total. The Hall–Kier alpha value is -0.800. The maximum atomic E-state index is 6.19. The first-order valence-corrected chi connectivity index (χ1v) is 5.71. The van der Waals surface area contributed by atoms with E-state index in [0.717, 1.165) is 17.9 Å². The lowest BCUT2D eigenvalue weighted by Gasteiger charge is -2.23. The van der Waals surface area contributed by atoms with Crippen LogP contribution in [-0.2, 0) is 6.54 Å². The molecule has 15 heavy (non-hydrogen) atoms. The summed E-state index contributed by atoms with van der Waals surface area (Å²) < 4.78 is 0. The number of anilines is 1. The molecule has 4 heteroatoms. The molecule has 0 spiro atoms. The van der Waals surface area contributed by atoms with Gasteiger partial charge in [0.05, 0.1) is 5.02 Å². The SMILES string of the molecule is CC1CCCN1c1ncc(CN)cc1Cl. The van der Waals surface area contributed by atoms with E-state index in [2.05, 4.69) is 16.8 Å². The first kappa shape index (κ1) is 10.7. The van der Waals surface area contributed by atoms with Gasteiger partial charge in [0.1, 0.15) is 5.82 Å². The Kier molecular flexibility index (Phi) is 3.12. The molecule has 1 unspecified atom stereocenters. The van der Waals surface area contributed by atoms with Gasteiger partial charge in [-0.05, 0) is 31.4 Å². The van der Waals surface area contributed by atoms with Crippen LogP contribution in [0.25, 0.3) is 0 Å². The van der Waals surface area contributed by atoms with Crippen LogP contribution < -0.4 is 10.6 Å². The highest BCUT2D eigenvalue weighted by Gasteiger charge is 2.23. The molecule has 3 nitrogen and oxygen atoms in total. The normalized spacial score (nSPS) is 21.0. The highest BCUT2D eigenvalue weighted by atomic mass is 35.5. The Morgan fingerprint density at radius 1 is 1.67 bits per heavy atom. The van der Waals surface area contributed by atoms with Crippen LogP contribution >= 0.6 is 11.6 Å². The van der Waals surface area contributed by atoms with E-state index in [1.165, 1.54) is 12.8 Å². The molecule has 2 rings (SSSR count). The third-order valence-corrected chi connectivity index (χ3v) is 3.22. The summed E-state index contributed by atoms with van der Waals surface area (Å²) in [6.07, 6.45) is 4.25. The van der Waals surface area contributed by atoms with E-state index < -0.39 is 0 Å². The molecule has 1 aromatic heterocycles. The molecule has 0 radical (unpaired) electrons. The van der Waals surface area contributed by atoms with Crippen molar-refractivity contribution in [3.05, 3.63) is 22.8 Å². The molecular formula is C11H16ClN3. The summed E-state index contributed by atoms with van der Waals surface area (Å²) in [5.74, 6) is 0.902. The summed E-state index contributed by atoms with van der Waals surface area (Å²) in [4.78, 5) is 6.66. The molecule has 0 aromatic carbocycles. The molecule has 0 bridgehead atoms. The topological polar surface area (TPSA) is 42.2 Å². The molecule has 1 aliphatic rings. The molecule has 2 heterocycles. The Bertz CT molecular complexity index is 354. The van der Waals surface area contributed by atoms with E-state index in [1.807, 2.05) is 12.3 Å². The first-order valence-electron chi connectivity index (χ1n) is 5.33. The lowest BCUT2D eigenvalue weighted by molar-refractivity contribution is 0.727. The standard InChI is InChI=1S/C11H16ClN3/c1-8-3-2-4-15(8)11-10(12)5-9(6-13)7-14-11/h5,7-8H,2-4,6,13H2,1H3. The predicted molar refractivity (Wildman–Crippen MR) is 63.2 cm³/mol. The summed E-state index contributed by atoms with van der Waals surface area (Å²) in [6, 6.07) is 2.45. The summed E-state index contributed by atoms with van der Waals surface area (Å²) >= 11 is 6.19. The van der Waals surface area contributed by atoms with Crippen molar-refractivity contribution in [2.24, 2.45) is 5.73 Å². The highest BCUT2D eigenvalue weighted by molar-refractivity contribution is 6.33. The Morgan fingerprint density at radius 3 is 3.00 bits per heavy atom. The zero-order valence-corrected chi connectivity index (χ0v) is 9.67. The lowest BCUT2D eigenvalue weighted by atomic mass is 10.2. The van der Waals surface area contributed by atoms with Crippen molar-refractivity contribution in [3.8, 4) is 0 Å². The van der Waals surface area contributed by atoms with Crippen LogP contribution in [0.2, 0.25) is 5.02 Å². The summed E-state index contributed by atoms with van der Waals surface area (Å²) in [7, 11) is 0. The molecule has 1 aliphatic heterocycles. The Morgan fingerprint density at radius 2 is 2.47 bits per heavy atom. The molecule has 1 atom stereocenters. The van der Waals surface area contributed by atoms with E-state index in [9.17, 15) is 0 Å². The van der Waals surface area contributed by atoms with Gasteiger partial charge in [-0.2, -0.15) is 0 Å². The van der Waals surface area contributed by atoms with Crippen molar-refractivity contribution in [3.63, 3.8) is 0 Å². The Balaban J connectivity index is 2.28. The van der Waals surface area contributed by atoms with E-state index in [0.29, 0.717) is 17.6 Å². The second kappa shape index (κ2) is 4.37. The van der Waals surface area contributed by atoms with Crippen molar-refractivity contribution in [1.29, 1.82) is 0 Å². The number of halogens is 1. The van der Waals surface area contributed by atoms with E-state index in [1.54, 1.807) is 0 Å². The average Bonchev–Trinajstić information content (AvgIpc) is 2.64.